The van der Waals surface area contributed by atoms with Crippen molar-refractivity contribution >= 4 is 0 Å². The van der Waals surface area contributed by atoms with Gasteiger partial charge in [0.05, 0.1) is 6.67 Å². The molecule has 0 aliphatic heterocycles. The molecule has 0 heterocycles. The van der Waals surface area contributed by atoms with Gasteiger partial charge in [0.25, 0.3) is 0 Å². The molecule has 4 heteroatoms. The van der Waals surface area contributed by atoms with E-state index in [1.165, 1.54) is 0 Å². The van der Waals surface area contributed by atoms with Crippen molar-refractivity contribution in [1.82, 2.24) is 0 Å². The van der Waals surface area contributed by atoms with Gasteiger partial charge < -0.3 is 0 Å². The topological polar surface area (TPSA) is 0 Å². The van der Waals surface area contributed by atoms with Crippen molar-refractivity contribution in [3.05, 3.63) is 0 Å². The maximum absolute atomic E-state index is 11.3. The maximum atomic E-state index is 11.3. The third kappa shape index (κ3) is 7.72. The summed E-state index contributed by atoms with van der Waals surface area (Å²) < 4.78 is 45.0. The molecule has 0 aliphatic rings. The normalized spacial score (nSPS) is 12.0. The molecule has 0 aromatic carbocycles. The molecule has 0 atom stereocenters. The van der Waals surface area contributed by atoms with Crippen LogP contribution in [0.1, 0.15) is 19.3 Å². The average Bonchev–Trinajstić information content (AvgIpc) is 1.63. The summed E-state index contributed by atoms with van der Waals surface area (Å²) in [4.78, 5) is 0. The van der Waals surface area contributed by atoms with E-state index >= 15 is 0 Å². The smallest absolute Gasteiger partial charge is 0.251 e. The van der Waals surface area contributed by atoms with Crippen LogP contribution in [0.2, 0.25) is 0 Å². The molecule has 0 aliphatic carbocycles. The van der Waals surface area contributed by atoms with Crippen molar-refractivity contribution in [2.75, 3.05) is 6.67 Å². The van der Waals surface area contributed by atoms with Gasteiger partial charge in [-0.25, -0.2) is 0 Å². The van der Waals surface area contributed by atoms with Crippen LogP contribution in [0.5, 0.6) is 0 Å². The minimum atomic E-state index is -4.12. The number of hydrogen-bond donors (Lipinski definition) is 0. The van der Waals surface area contributed by atoms with Crippen molar-refractivity contribution in [3.8, 4) is 0 Å². The highest BCUT2D eigenvalue weighted by molar-refractivity contribution is 4.49. The van der Waals surface area contributed by atoms with Gasteiger partial charge in [-0.15, -0.1) is 0 Å². The van der Waals surface area contributed by atoms with Gasteiger partial charge in [0.2, 0.25) is 0 Å². The standard InChI is InChI=1S/C5H8F4/c6-4-2-1-3-5(7,8)9/h1-4H2. The Bertz CT molecular complexity index is 65.8. The molecule has 0 rings (SSSR count). The first kappa shape index (κ1) is 8.72. The molecule has 0 aromatic heterocycles. The fraction of sp³-hybridized carbons (Fsp3) is 1.00. The zero-order valence-corrected chi connectivity index (χ0v) is 4.84. The van der Waals surface area contributed by atoms with Crippen LogP contribution in [-0.2, 0) is 0 Å². The van der Waals surface area contributed by atoms with Crippen molar-refractivity contribution in [2.24, 2.45) is 0 Å². The average molecular weight is 144 g/mol. The van der Waals surface area contributed by atoms with Gasteiger partial charge in [0.15, 0.2) is 0 Å². The van der Waals surface area contributed by atoms with Crippen LogP contribution in [0.4, 0.5) is 17.6 Å². The first-order valence-corrected chi connectivity index (χ1v) is 2.69. The molecule has 0 saturated heterocycles. The van der Waals surface area contributed by atoms with Gasteiger partial charge in [-0.1, -0.05) is 0 Å². The summed E-state index contributed by atoms with van der Waals surface area (Å²) in [5.41, 5.74) is 0. The van der Waals surface area contributed by atoms with E-state index in [0.29, 0.717) is 0 Å². The largest absolute Gasteiger partial charge is 0.389 e. The van der Waals surface area contributed by atoms with Crippen molar-refractivity contribution < 1.29 is 17.6 Å². The second kappa shape index (κ2) is 3.69. The van der Waals surface area contributed by atoms with Crippen molar-refractivity contribution in [1.29, 1.82) is 0 Å². The fourth-order valence-electron chi connectivity index (χ4n) is 0.420. The van der Waals surface area contributed by atoms with E-state index in [1.807, 2.05) is 0 Å². The van der Waals surface area contributed by atoms with E-state index in [1.54, 1.807) is 0 Å². The molecule has 0 amide bonds. The van der Waals surface area contributed by atoms with E-state index in [-0.39, 0.29) is 12.8 Å². The first-order chi connectivity index (χ1) is 4.06. The highest BCUT2D eigenvalue weighted by Gasteiger charge is 2.25. The minimum Gasteiger partial charge on any atom is -0.251 e. The van der Waals surface area contributed by atoms with Crippen LogP contribution in [0.3, 0.4) is 0 Å². The third-order valence-corrected chi connectivity index (χ3v) is 0.844. The second-order valence-electron chi connectivity index (χ2n) is 1.76. The zero-order chi connectivity index (χ0) is 7.33. The quantitative estimate of drug-likeness (QED) is 0.422. The summed E-state index contributed by atoms with van der Waals surface area (Å²) in [6, 6.07) is 0. The van der Waals surface area contributed by atoms with Crippen LogP contribution in [0.15, 0.2) is 0 Å². The summed E-state index contributed by atoms with van der Waals surface area (Å²) >= 11 is 0. The SMILES string of the molecule is FCCCCC(F)(F)F. The van der Waals surface area contributed by atoms with Gasteiger partial charge in [-0.3, -0.25) is 4.39 Å². The lowest BCUT2D eigenvalue weighted by Gasteiger charge is -2.02. The number of hydrogen-bond acceptors (Lipinski definition) is 0. The predicted octanol–water partition coefficient (Wildman–Crippen LogP) is 2.69. The molecule has 0 radical (unpaired) electrons. The second-order valence-corrected chi connectivity index (χ2v) is 1.76. The Hall–Kier alpha value is -0.280. The highest BCUT2D eigenvalue weighted by Crippen LogP contribution is 2.21. The molecular weight excluding hydrogens is 136 g/mol. The van der Waals surface area contributed by atoms with Crippen LogP contribution in [-0.4, -0.2) is 12.9 Å². The lowest BCUT2D eigenvalue weighted by atomic mass is 10.2. The van der Waals surface area contributed by atoms with Crippen LogP contribution >= 0.6 is 0 Å². The highest BCUT2D eigenvalue weighted by atomic mass is 19.4. The van der Waals surface area contributed by atoms with Crippen molar-refractivity contribution in [2.45, 2.75) is 25.4 Å². The molecule has 0 nitrogen and oxygen atoms in total. The summed E-state index contributed by atoms with van der Waals surface area (Å²) in [5, 5.41) is 0. The summed E-state index contributed by atoms with van der Waals surface area (Å²) in [6.07, 6.45) is -5.06. The molecule has 0 spiro atoms. The molecule has 0 N–H and O–H groups in total. The molecule has 0 fully saturated rings. The molecular formula is C5H8F4. The summed E-state index contributed by atoms with van der Waals surface area (Å²) in [6.45, 7) is -0.657. The summed E-state index contributed by atoms with van der Waals surface area (Å²) in [5.74, 6) is 0. The monoisotopic (exact) mass is 144 g/mol. The molecule has 0 unspecified atom stereocenters. The fourth-order valence-corrected chi connectivity index (χ4v) is 0.420. The number of alkyl halides is 4. The number of unbranched alkanes of at least 4 members (excludes halogenated alkanes) is 1. The van der Waals surface area contributed by atoms with E-state index in [0.717, 1.165) is 0 Å². The van der Waals surface area contributed by atoms with E-state index < -0.39 is 19.3 Å². The van der Waals surface area contributed by atoms with Crippen LogP contribution < -0.4 is 0 Å². The van der Waals surface area contributed by atoms with Gasteiger partial charge in [0, 0.05) is 6.42 Å². The Labute approximate surface area is 50.9 Å². The van der Waals surface area contributed by atoms with Crippen LogP contribution in [0, 0.1) is 0 Å². The Kier molecular flexibility index (Phi) is 3.58. The molecule has 56 valence electrons. The van der Waals surface area contributed by atoms with E-state index in [4.69, 9.17) is 0 Å². The Morgan fingerprint density at radius 3 is 1.89 bits per heavy atom. The van der Waals surface area contributed by atoms with E-state index in [9.17, 15) is 17.6 Å². The Morgan fingerprint density at radius 1 is 1.00 bits per heavy atom. The summed E-state index contributed by atoms with van der Waals surface area (Å²) in [7, 11) is 0. The molecule has 0 saturated carbocycles. The maximum Gasteiger partial charge on any atom is 0.389 e. The minimum absolute atomic E-state index is 0.0134. The molecule has 9 heavy (non-hydrogen) atoms. The predicted molar refractivity (Wildman–Crippen MR) is 25.9 cm³/mol. The lowest BCUT2D eigenvalue weighted by molar-refractivity contribution is -0.135. The number of halogens is 4. The van der Waals surface area contributed by atoms with Crippen LogP contribution in [0.25, 0.3) is 0 Å². The van der Waals surface area contributed by atoms with Gasteiger partial charge in [-0.2, -0.15) is 13.2 Å². The van der Waals surface area contributed by atoms with Gasteiger partial charge in [0.1, 0.15) is 0 Å². The van der Waals surface area contributed by atoms with Gasteiger partial charge >= 0.3 is 6.18 Å². The Balaban J connectivity index is 3.07. The zero-order valence-electron chi connectivity index (χ0n) is 4.84. The Morgan fingerprint density at radius 2 is 1.56 bits per heavy atom. The van der Waals surface area contributed by atoms with Crippen molar-refractivity contribution in [3.63, 3.8) is 0 Å². The van der Waals surface area contributed by atoms with Gasteiger partial charge in [-0.05, 0) is 12.8 Å². The number of rotatable bonds is 3. The first-order valence-electron chi connectivity index (χ1n) is 2.69. The van der Waals surface area contributed by atoms with E-state index in [2.05, 4.69) is 0 Å². The lowest BCUT2D eigenvalue weighted by Crippen LogP contribution is -2.06. The third-order valence-electron chi connectivity index (χ3n) is 0.844. The molecule has 0 aromatic rings. The molecule has 0 bridgehead atoms.